The van der Waals surface area contributed by atoms with Crippen LogP contribution in [0.25, 0.3) is 0 Å². The van der Waals surface area contributed by atoms with E-state index < -0.39 is 21.6 Å². The molecule has 1 aliphatic heterocycles. The van der Waals surface area contributed by atoms with Crippen molar-refractivity contribution in [3.05, 3.63) is 127 Å². The van der Waals surface area contributed by atoms with Crippen LogP contribution in [0.2, 0.25) is 0 Å². The second-order valence-electron chi connectivity index (χ2n) is 9.21. The maximum absolute atomic E-state index is 6.03. The van der Waals surface area contributed by atoms with Crippen molar-refractivity contribution >= 4 is 31.8 Å². The van der Waals surface area contributed by atoms with Gasteiger partial charge < -0.3 is 9.47 Å². The van der Waals surface area contributed by atoms with Crippen molar-refractivity contribution in [3.63, 3.8) is 0 Å². The third kappa shape index (κ3) is 12.1. The van der Waals surface area contributed by atoms with Crippen molar-refractivity contribution in [2.45, 2.75) is 46.5 Å². The number of hydrogen-bond acceptors (Lipinski definition) is 2. The first-order valence-electron chi connectivity index (χ1n) is 13.6. The quantitative estimate of drug-likeness (QED) is 0.141. The molecular formula is C34H46O2P2Ru+2. The number of benzene rings is 3. The van der Waals surface area contributed by atoms with Gasteiger partial charge in [-0.2, -0.15) is 0 Å². The maximum Gasteiger partial charge on any atom is 0.163 e. The normalized spacial score (nSPS) is 16.8. The van der Waals surface area contributed by atoms with Crippen molar-refractivity contribution in [1.82, 2.24) is 0 Å². The minimum Gasteiger partial charge on any atom is -0.348 e. The van der Waals surface area contributed by atoms with Gasteiger partial charge in [0.25, 0.3) is 0 Å². The molecule has 1 aliphatic rings. The fourth-order valence-corrected chi connectivity index (χ4v) is 8.70. The zero-order chi connectivity index (χ0) is 27.8. The van der Waals surface area contributed by atoms with E-state index in [0.29, 0.717) is 6.61 Å². The Hall–Kier alpha value is -1.72. The smallest absolute Gasteiger partial charge is 0.163 e. The Bertz CT molecular complexity index is 1080. The van der Waals surface area contributed by atoms with Crippen molar-refractivity contribution in [3.8, 4) is 0 Å². The van der Waals surface area contributed by atoms with E-state index >= 15 is 0 Å². The molecule has 2 atom stereocenters. The van der Waals surface area contributed by atoms with Crippen molar-refractivity contribution in [1.29, 1.82) is 0 Å². The maximum atomic E-state index is 6.03. The predicted octanol–water partition coefficient (Wildman–Crippen LogP) is 7.83. The van der Waals surface area contributed by atoms with E-state index in [1.54, 1.807) is 0 Å². The van der Waals surface area contributed by atoms with Gasteiger partial charge in [0, 0.05) is 19.5 Å². The molecule has 5 heteroatoms. The molecule has 3 aromatic rings. The molecule has 1 saturated heterocycles. The van der Waals surface area contributed by atoms with Gasteiger partial charge in [-0.15, -0.1) is 0 Å². The van der Waals surface area contributed by atoms with E-state index in [4.69, 9.17) is 9.47 Å². The molecule has 0 bridgehead atoms. The monoisotopic (exact) mass is 650 g/mol. The Balaban J connectivity index is 0.000000386. The van der Waals surface area contributed by atoms with Crippen molar-refractivity contribution in [2.24, 2.45) is 0 Å². The first kappa shape index (κ1) is 35.3. The molecule has 1 heterocycles. The van der Waals surface area contributed by atoms with E-state index in [1.165, 1.54) is 21.2 Å². The summed E-state index contributed by atoms with van der Waals surface area (Å²) in [6.07, 6.45) is 9.45. The Labute approximate surface area is 252 Å². The molecule has 0 spiro atoms. The summed E-state index contributed by atoms with van der Waals surface area (Å²) in [5, 5.41) is 5.70. The Morgan fingerprint density at radius 3 is 1.72 bits per heavy atom. The SMILES string of the molecule is C=C/C=C(\C=C/C)[PH+](CC1COC(C)(C)O1)c1ccccc1.CC.C[PH+](c1ccccc1)c1ccccc1.[Ru]. The van der Waals surface area contributed by atoms with Crippen LogP contribution >= 0.6 is 15.8 Å². The molecule has 2 unspecified atom stereocenters. The van der Waals surface area contributed by atoms with E-state index in [1.807, 2.05) is 33.8 Å². The van der Waals surface area contributed by atoms with Crippen LogP contribution in [-0.2, 0) is 29.0 Å². The minimum absolute atomic E-state index is 0. The molecule has 0 amide bonds. The van der Waals surface area contributed by atoms with Crippen LogP contribution in [0.5, 0.6) is 0 Å². The zero-order valence-electron chi connectivity index (χ0n) is 24.3. The summed E-state index contributed by atoms with van der Waals surface area (Å²) in [4.78, 5) is 0. The van der Waals surface area contributed by atoms with Crippen LogP contribution in [-0.4, -0.2) is 31.3 Å². The summed E-state index contributed by atoms with van der Waals surface area (Å²) >= 11 is 0. The second-order valence-corrected chi connectivity index (χ2v) is 14.1. The molecule has 1 fully saturated rings. The number of allylic oxidation sites excluding steroid dienone is 5. The summed E-state index contributed by atoms with van der Waals surface area (Å²) in [5.41, 5.74) is 0. The van der Waals surface area contributed by atoms with Crippen molar-refractivity contribution in [2.75, 3.05) is 19.4 Å². The topological polar surface area (TPSA) is 18.5 Å². The van der Waals surface area contributed by atoms with Crippen LogP contribution in [0.1, 0.15) is 34.6 Å². The molecule has 3 aromatic carbocycles. The first-order chi connectivity index (χ1) is 18.4. The van der Waals surface area contributed by atoms with Crippen LogP contribution in [0.3, 0.4) is 0 Å². The van der Waals surface area contributed by atoms with E-state index in [-0.39, 0.29) is 25.6 Å². The Morgan fingerprint density at radius 1 is 0.872 bits per heavy atom. The summed E-state index contributed by atoms with van der Waals surface area (Å²) < 4.78 is 11.8. The van der Waals surface area contributed by atoms with E-state index in [0.717, 1.165) is 6.16 Å². The summed E-state index contributed by atoms with van der Waals surface area (Å²) in [6, 6.07) is 32.2. The third-order valence-corrected chi connectivity index (χ3v) is 11.3. The predicted molar refractivity (Wildman–Crippen MR) is 175 cm³/mol. The first-order valence-corrected chi connectivity index (χ1v) is 17.3. The van der Waals surface area contributed by atoms with Gasteiger partial charge in [-0.3, -0.25) is 0 Å². The summed E-state index contributed by atoms with van der Waals surface area (Å²) in [6.45, 7) is 16.9. The summed E-state index contributed by atoms with van der Waals surface area (Å²) in [5.74, 6) is -0.461. The summed E-state index contributed by atoms with van der Waals surface area (Å²) in [7, 11) is -1.47. The van der Waals surface area contributed by atoms with Gasteiger partial charge in [0.15, 0.2) is 5.79 Å². The van der Waals surface area contributed by atoms with Gasteiger partial charge in [-0.05, 0) is 69.3 Å². The molecule has 210 valence electrons. The molecular weight excluding hydrogens is 603 g/mol. The molecule has 2 nitrogen and oxygen atoms in total. The molecule has 0 N–H and O–H groups in total. The van der Waals surface area contributed by atoms with Gasteiger partial charge in [0.1, 0.15) is 6.10 Å². The standard InChI is InChI=1S/C19H25O2P.C13H13P.C2H6.Ru/c1-5-10-17(11-6-2)22(18-12-8-7-9-13-18)15-16-14-20-19(3,4)21-16;1-14(12-8-4-2-5-9-12)13-10-6-3-7-11-13;1-2;/h5-13,16H,1,14-15H2,2-4H3;2-11H,1H3;1-2H3;/p+2/b11-6-,17-10+;;;. The fourth-order valence-electron chi connectivity index (χ4n) is 4.24. The van der Waals surface area contributed by atoms with Gasteiger partial charge in [-0.1, -0.05) is 87.2 Å². The van der Waals surface area contributed by atoms with E-state index in [2.05, 4.69) is 129 Å². The molecule has 0 aromatic heterocycles. The van der Waals surface area contributed by atoms with Crippen LogP contribution < -0.4 is 15.9 Å². The van der Waals surface area contributed by atoms with E-state index in [9.17, 15) is 0 Å². The van der Waals surface area contributed by atoms with Crippen LogP contribution in [0, 0.1) is 0 Å². The fraction of sp³-hybridized carbons (Fsp3) is 0.294. The molecule has 0 radical (unpaired) electrons. The average molecular weight is 650 g/mol. The number of ether oxygens (including phenoxy) is 2. The van der Waals surface area contributed by atoms with Gasteiger partial charge in [0.05, 0.1) is 56.5 Å². The minimum atomic E-state index is -0.920. The van der Waals surface area contributed by atoms with Gasteiger partial charge >= 0.3 is 0 Å². The third-order valence-electron chi connectivity index (χ3n) is 6.03. The zero-order valence-corrected chi connectivity index (χ0v) is 28.1. The number of hydrogen-bond donors (Lipinski definition) is 0. The molecule has 0 aliphatic carbocycles. The second kappa shape index (κ2) is 19.4. The largest absolute Gasteiger partial charge is 0.348 e. The Morgan fingerprint density at radius 2 is 1.33 bits per heavy atom. The van der Waals surface area contributed by atoms with Crippen LogP contribution in [0.15, 0.2) is 127 Å². The number of rotatable bonds is 8. The van der Waals surface area contributed by atoms with Crippen LogP contribution in [0.4, 0.5) is 0 Å². The van der Waals surface area contributed by atoms with Gasteiger partial charge in [0.2, 0.25) is 0 Å². The molecule has 39 heavy (non-hydrogen) atoms. The molecule has 4 rings (SSSR count). The van der Waals surface area contributed by atoms with Crippen molar-refractivity contribution < 1.29 is 29.0 Å². The average Bonchev–Trinajstić information content (AvgIpc) is 3.32. The van der Waals surface area contributed by atoms with Gasteiger partial charge in [-0.25, -0.2) is 0 Å². The molecule has 0 saturated carbocycles. The Kier molecular flexibility index (Phi) is 17.5.